The van der Waals surface area contributed by atoms with Crippen LogP contribution in [-0.4, -0.2) is 35.5 Å². The van der Waals surface area contributed by atoms with Crippen LogP contribution in [0.5, 0.6) is 0 Å². The second kappa shape index (κ2) is 8.13. The molecule has 0 unspecified atom stereocenters. The van der Waals surface area contributed by atoms with Crippen molar-refractivity contribution in [3.8, 4) is 0 Å². The Balaban J connectivity index is 1.78. The Bertz CT molecular complexity index is 650. The first-order chi connectivity index (χ1) is 11.1. The number of rotatable bonds is 7. The number of benzene rings is 2. The fraction of sp³-hybridized carbons (Fsp3) is 0.263. The summed E-state index contributed by atoms with van der Waals surface area (Å²) in [7, 11) is 1.82. The molecule has 0 spiro atoms. The van der Waals surface area contributed by atoms with Gasteiger partial charge in [-0.15, -0.1) is 0 Å². The molecule has 2 aromatic carbocycles. The lowest BCUT2D eigenvalue weighted by molar-refractivity contribution is -0.129. The molecule has 0 heterocycles. The van der Waals surface area contributed by atoms with Gasteiger partial charge in [-0.1, -0.05) is 42.5 Å². The van der Waals surface area contributed by atoms with Gasteiger partial charge in [0, 0.05) is 20.0 Å². The van der Waals surface area contributed by atoms with E-state index in [1.54, 1.807) is 29.2 Å². The van der Waals surface area contributed by atoms with E-state index in [-0.39, 0.29) is 11.5 Å². The summed E-state index contributed by atoms with van der Waals surface area (Å²) in [5.41, 5.74) is 2.45. The maximum absolute atomic E-state index is 12.1. The van der Waals surface area contributed by atoms with Crippen molar-refractivity contribution in [3.63, 3.8) is 0 Å². The number of aryl methyl sites for hydroxylation is 1. The van der Waals surface area contributed by atoms with Crippen molar-refractivity contribution in [2.75, 3.05) is 13.6 Å². The molecule has 2 aromatic rings. The van der Waals surface area contributed by atoms with Crippen LogP contribution in [0.1, 0.15) is 27.9 Å². The Morgan fingerprint density at radius 2 is 1.52 bits per heavy atom. The predicted octanol–water partition coefficient (Wildman–Crippen LogP) is 3.02. The second-order valence-electron chi connectivity index (χ2n) is 5.55. The Morgan fingerprint density at radius 1 is 0.913 bits per heavy atom. The van der Waals surface area contributed by atoms with E-state index < -0.39 is 5.97 Å². The van der Waals surface area contributed by atoms with E-state index in [1.807, 2.05) is 25.2 Å². The zero-order valence-electron chi connectivity index (χ0n) is 13.2. The number of hydrogen-bond donors (Lipinski definition) is 1. The molecule has 0 aliphatic carbocycles. The van der Waals surface area contributed by atoms with Crippen LogP contribution >= 0.6 is 0 Å². The zero-order chi connectivity index (χ0) is 16.7. The van der Waals surface area contributed by atoms with Crippen LogP contribution in [0.15, 0.2) is 54.6 Å². The average molecular weight is 311 g/mol. The summed E-state index contributed by atoms with van der Waals surface area (Å²) in [5.74, 6) is -0.837. The van der Waals surface area contributed by atoms with Crippen LogP contribution in [0, 0.1) is 0 Å². The minimum absolute atomic E-state index is 0.100. The summed E-state index contributed by atoms with van der Waals surface area (Å²) in [6.45, 7) is 0.695. The summed E-state index contributed by atoms with van der Waals surface area (Å²) in [6.07, 6.45) is 1.89. The molecular weight excluding hydrogens is 290 g/mol. The largest absolute Gasteiger partial charge is 0.478 e. The van der Waals surface area contributed by atoms with Crippen molar-refractivity contribution in [1.82, 2.24) is 4.90 Å². The number of aromatic carboxylic acids is 1. The Labute approximate surface area is 136 Å². The lowest BCUT2D eigenvalue weighted by atomic mass is 10.1. The highest BCUT2D eigenvalue weighted by Gasteiger charge is 2.09. The Kier molecular flexibility index (Phi) is 5.92. The first-order valence-corrected chi connectivity index (χ1v) is 7.66. The lowest BCUT2D eigenvalue weighted by Crippen LogP contribution is -2.29. The number of nitrogens with zero attached hydrogens (tertiary/aromatic N) is 1. The molecule has 4 heteroatoms. The molecule has 0 fully saturated rings. The summed E-state index contributed by atoms with van der Waals surface area (Å²) >= 11 is 0. The van der Waals surface area contributed by atoms with Crippen molar-refractivity contribution in [3.05, 3.63) is 71.3 Å². The highest BCUT2D eigenvalue weighted by Crippen LogP contribution is 2.08. The molecule has 0 saturated carbocycles. The predicted molar refractivity (Wildman–Crippen MR) is 89.5 cm³/mol. The number of carbonyl (C=O) groups is 2. The number of hydrogen-bond acceptors (Lipinski definition) is 2. The third kappa shape index (κ3) is 5.25. The molecular formula is C19H21NO3. The fourth-order valence-electron chi connectivity index (χ4n) is 2.32. The first-order valence-electron chi connectivity index (χ1n) is 7.66. The summed E-state index contributed by atoms with van der Waals surface area (Å²) < 4.78 is 0. The molecule has 0 radical (unpaired) electrons. The number of carboxylic acid groups (broad SMARTS) is 1. The van der Waals surface area contributed by atoms with Crippen molar-refractivity contribution in [1.29, 1.82) is 0 Å². The monoisotopic (exact) mass is 311 g/mol. The fourth-order valence-corrected chi connectivity index (χ4v) is 2.32. The molecule has 4 nitrogen and oxygen atoms in total. The van der Waals surface area contributed by atoms with E-state index in [4.69, 9.17) is 5.11 Å². The van der Waals surface area contributed by atoms with Gasteiger partial charge in [-0.05, 0) is 36.1 Å². The standard InChI is InChI=1S/C19H21NO3/c1-20(14-13-15-5-3-2-4-6-15)18(21)12-9-16-7-10-17(11-8-16)19(22)23/h2-8,10-11H,9,12-14H2,1H3,(H,22,23). The number of carboxylic acids is 1. The smallest absolute Gasteiger partial charge is 0.335 e. The van der Waals surface area contributed by atoms with Crippen LogP contribution in [-0.2, 0) is 17.6 Å². The molecule has 0 bridgehead atoms. The van der Waals surface area contributed by atoms with Gasteiger partial charge in [0.25, 0.3) is 0 Å². The highest BCUT2D eigenvalue weighted by molar-refractivity contribution is 5.87. The number of carbonyl (C=O) groups excluding carboxylic acids is 1. The van der Waals surface area contributed by atoms with Gasteiger partial charge in [0.15, 0.2) is 0 Å². The van der Waals surface area contributed by atoms with E-state index in [9.17, 15) is 9.59 Å². The molecule has 1 N–H and O–H groups in total. The SMILES string of the molecule is CN(CCc1ccccc1)C(=O)CCc1ccc(C(=O)O)cc1. The van der Waals surface area contributed by atoms with Gasteiger partial charge >= 0.3 is 5.97 Å². The summed E-state index contributed by atoms with van der Waals surface area (Å²) in [6, 6.07) is 16.8. The van der Waals surface area contributed by atoms with Gasteiger partial charge < -0.3 is 10.0 Å². The average Bonchev–Trinajstić information content (AvgIpc) is 2.58. The topological polar surface area (TPSA) is 57.6 Å². The number of likely N-dealkylation sites (N-methyl/N-ethyl adjacent to an activating group) is 1. The van der Waals surface area contributed by atoms with E-state index in [0.29, 0.717) is 19.4 Å². The van der Waals surface area contributed by atoms with Crippen molar-refractivity contribution in [2.45, 2.75) is 19.3 Å². The molecule has 0 saturated heterocycles. The third-order valence-electron chi connectivity index (χ3n) is 3.83. The van der Waals surface area contributed by atoms with E-state index in [2.05, 4.69) is 12.1 Å². The van der Waals surface area contributed by atoms with Crippen molar-refractivity contribution < 1.29 is 14.7 Å². The molecule has 1 amide bonds. The first kappa shape index (κ1) is 16.7. The molecule has 2 rings (SSSR count). The Hall–Kier alpha value is -2.62. The molecule has 120 valence electrons. The third-order valence-corrected chi connectivity index (χ3v) is 3.83. The van der Waals surface area contributed by atoms with Crippen molar-refractivity contribution >= 4 is 11.9 Å². The van der Waals surface area contributed by atoms with Crippen LogP contribution in [0.25, 0.3) is 0 Å². The zero-order valence-corrected chi connectivity index (χ0v) is 13.2. The van der Waals surface area contributed by atoms with Crippen LogP contribution in [0.4, 0.5) is 0 Å². The van der Waals surface area contributed by atoms with E-state index in [1.165, 1.54) is 5.56 Å². The second-order valence-corrected chi connectivity index (χ2v) is 5.55. The highest BCUT2D eigenvalue weighted by atomic mass is 16.4. The van der Waals surface area contributed by atoms with Gasteiger partial charge in [-0.3, -0.25) is 4.79 Å². The van der Waals surface area contributed by atoms with Gasteiger partial charge in [0.1, 0.15) is 0 Å². The minimum Gasteiger partial charge on any atom is -0.478 e. The van der Waals surface area contributed by atoms with Crippen LogP contribution < -0.4 is 0 Å². The molecule has 23 heavy (non-hydrogen) atoms. The maximum atomic E-state index is 12.1. The molecule has 0 aliphatic heterocycles. The summed E-state index contributed by atoms with van der Waals surface area (Å²) in [4.78, 5) is 24.7. The molecule has 0 aliphatic rings. The minimum atomic E-state index is -0.937. The van der Waals surface area contributed by atoms with Crippen LogP contribution in [0.3, 0.4) is 0 Å². The Morgan fingerprint density at radius 3 is 2.13 bits per heavy atom. The van der Waals surface area contributed by atoms with Crippen molar-refractivity contribution in [2.24, 2.45) is 0 Å². The van der Waals surface area contributed by atoms with Crippen LogP contribution in [0.2, 0.25) is 0 Å². The van der Waals surface area contributed by atoms with Gasteiger partial charge in [-0.25, -0.2) is 4.79 Å². The lowest BCUT2D eigenvalue weighted by Gasteiger charge is -2.17. The number of amides is 1. The maximum Gasteiger partial charge on any atom is 0.335 e. The van der Waals surface area contributed by atoms with E-state index >= 15 is 0 Å². The normalized spacial score (nSPS) is 10.3. The van der Waals surface area contributed by atoms with E-state index in [0.717, 1.165) is 12.0 Å². The van der Waals surface area contributed by atoms with Gasteiger partial charge in [0.2, 0.25) is 5.91 Å². The molecule has 0 atom stereocenters. The molecule has 0 aromatic heterocycles. The quantitative estimate of drug-likeness (QED) is 0.855. The summed E-state index contributed by atoms with van der Waals surface area (Å²) in [5, 5.41) is 8.86. The van der Waals surface area contributed by atoms with Gasteiger partial charge in [-0.2, -0.15) is 0 Å². The van der Waals surface area contributed by atoms with Gasteiger partial charge in [0.05, 0.1) is 5.56 Å².